The van der Waals surface area contributed by atoms with Gasteiger partial charge in [-0.2, -0.15) is 0 Å². The van der Waals surface area contributed by atoms with Crippen LogP contribution in [0.25, 0.3) is 0 Å². The molecule has 0 saturated carbocycles. The summed E-state index contributed by atoms with van der Waals surface area (Å²) in [6.07, 6.45) is 0.420. The van der Waals surface area contributed by atoms with Gasteiger partial charge in [-0.1, -0.05) is 31.2 Å². The Morgan fingerprint density at radius 2 is 2.06 bits per heavy atom. The van der Waals surface area contributed by atoms with E-state index in [1.807, 2.05) is 31.2 Å². The Morgan fingerprint density at radius 1 is 1.31 bits per heavy atom. The summed E-state index contributed by atoms with van der Waals surface area (Å²) in [5, 5.41) is 0. The Labute approximate surface area is 93.4 Å². The average molecular weight is 216 g/mol. The highest BCUT2D eigenvalue weighted by Crippen LogP contribution is 2.43. The second kappa shape index (κ2) is 2.94. The van der Waals surface area contributed by atoms with Gasteiger partial charge in [-0.15, -0.1) is 0 Å². The smallest absolute Gasteiger partial charge is 0.307 e. The minimum Gasteiger partial charge on any atom is -0.454 e. The molecule has 1 aliphatic carbocycles. The van der Waals surface area contributed by atoms with Crippen LogP contribution in [-0.4, -0.2) is 17.9 Å². The molecule has 1 fully saturated rings. The molecule has 0 unspecified atom stereocenters. The van der Waals surface area contributed by atoms with Crippen molar-refractivity contribution in [3.63, 3.8) is 0 Å². The topological polar surface area (TPSA) is 43.4 Å². The lowest BCUT2D eigenvalue weighted by Gasteiger charge is -2.42. The summed E-state index contributed by atoms with van der Waals surface area (Å²) >= 11 is 0. The van der Waals surface area contributed by atoms with Gasteiger partial charge < -0.3 is 4.74 Å². The maximum atomic E-state index is 12.0. The van der Waals surface area contributed by atoms with E-state index in [9.17, 15) is 9.59 Å². The fourth-order valence-electron chi connectivity index (χ4n) is 2.79. The van der Waals surface area contributed by atoms with Crippen molar-refractivity contribution in [3.8, 4) is 0 Å². The first-order chi connectivity index (χ1) is 7.60. The molecule has 1 heterocycles. The van der Waals surface area contributed by atoms with E-state index in [0.29, 0.717) is 18.4 Å². The molecule has 16 heavy (non-hydrogen) atoms. The van der Waals surface area contributed by atoms with Crippen molar-refractivity contribution in [2.24, 2.45) is 0 Å². The Morgan fingerprint density at radius 3 is 2.88 bits per heavy atom. The number of hydrogen-bond acceptors (Lipinski definition) is 3. The molecule has 0 amide bonds. The van der Waals surface area contributed by atoms with Crippen LogP contribution in [0, 0.1) is 0 Å². The molecule has 1 aromatic carbocycles. The van der Waals surface area contributed by atoms with Crippen molar-refractivity contribution in [1.82, 2.24) is 0 Å². The summed E-state index contributed by atoms with van der Waals surface area (Å²) in [4.78, 5) is 23.5. The monoisotopic (exact) mass is 216 g/mol. The zero-order valence-corrected chi connectivity index (χ0v) is 9.03. The molecule has 1 aliphatic heterocycles. The van der Waals surface area contributed by atoms with Crippen LogP contribution in [0.2, 0.25) is 0 Å². The highest BCUT2D eigenvalue weighted by atomic mass is 16.5. The van der Waals surface area contributed by atoms with Crippen molar-refractivity contribution < 1.29 is 14.3 Å². The molecule has 0 N–H and O–H groups in total. The number of hydrogen-bond donors (Lipinski definition) is 0. The van der Waals surface area contributed by atoms with Gasteiger partial charge in [0.1, 0.15) is 0 Å². The summed E-state index contributed by atoms with van der Waals surface area (Å²) in [5.74, 6) is -0.317. The van der Waals surface area contributed by atoms with Gasteiger partial charge in [-0.3, -0.25) is 9.59 Å². The van der Waals surface area contributed by atoms with Crippen molar-refractivity contribution >= 4 is 11.8 Å². The molecule has 3 rings (SSSR count). The SMILES string of the molecule is C[C@]12CC(=O)O[C@H](C1)C(=O)c1ccccc12. The maximum absolute atomic E-state index is 12.0. The van der Waals surface area contributed by atoms with Gasteiger partial charge in [0.15, 0.2) is 6.10 Å². The third kappa shape index (κ3) is 1.14. The predicted octanol–water partition coefficient (Wildman–Crippen LogP) is 1.85. The second-order valence-electron chi connectivity index (χ2n) is 4.83. The Hall–Kier alpha value is -1.64. The maximum Gasteiger partial charge on any atom is 0.307 e. The van der Waals surface area contributed by atoms with Crippen LogP contribution < -0.4 is 0 Å². The molecular formula is C13H12O3. The number of carbonyl (C=O) groups is 2. The normalized spacial score (nSPS) is 31.9. The highest BCUT2D eigenvalue weighted by molar-refractivity contribution is 6.04. The Kier molecular flexibility index (Phi) is 1.76. The molecule has 0 radical (unpaired) electrons. The summed E-state index contributed by atoms with van der Waals surface area (Å²) < 4.78 is 5.10. The standard InChI is InChI=1S/C13H12O3/c1-13-6-10(16-11(14)7-13)12(15)8-4-2-3-5-9(8)13/h2-5,10H,6-7H2,1H3/t10-,13-/m1/s1. The van der Waals surface area contributed by atoms with Gasteiger partial charge in [0.2, 0.25) is 5.78 Å². The molecular weight excluding hydrogens is 204 g/mol. The van der Waals surface area contributed by atoms with Gasteiger partial charge in [0, 0.05) is 17.4 Å². The van der Waals surface area contributed by atoms with E-state index >= 15 is 0 Å². The van der Waals surface area contributed by atoms with E-state index in [1.54, 1.807) is 0 Å². The zero-order valence-electron chi connectivity index (χ0n) is 9.03. The van der Waals surface area contributed by atoms with Crippen molar-refractivity contribution in [3.05, 3.63) is 35.4 Å². The third-order valence-corrected chi connectivity index (χ3v) is 3.58. The van der Waals surface area contributed by atoms with Crippen LogP contribution in [0.1, 0.15) is 35.7 Å². The van der Waals surface area contributed by atoms with Gasteiger partial charge in [-0.25, -0.2) is 0 Å². The third-order valence-electron chi connectivity index (χ3n) is 3.58. The first-order valence-electron chi connectivity index (χ1n) is 5.43. The summed E-state index contributed by atoms with van der Waals surface area (Å²) in [7, 11) is 0. The molecule has 1 aromatic rings. The van der Waals surface area contributed by atoms with E-state index in [4.69, 9.17) is 4.74 Å². The first kappa shape index (κ1) is 9.58. The lowest BCUT2D eigenvalue weighted by Crippen LogP contribution is -2.47. The molecule has 82 valence electrons. The number of benzene rings is 1. The second-order valence-corrected chi connectivity index (χ2v) is 4.83. The van der Waals surface area contributed by atoms with Crippen LogP contribution in [0.5, 0.6) is 0 Å². The molecule has 1 saturated heterocycles. The van der Waals surface area contributed by atoms with E-state index in [0.717, 1.165) is 5.56 Å². The van der Waals surface area contributed by atoms with Gasteiger partial charge in [0.05, 0.1) is 6.42 Å². The zero-order chi connectivity index (χ0) is 11.3. The van der Waals surface area contributed by atoms with E-state index < -0.39 is 6.10 Å². The number of esters is 1. The van der Waals surface area contributed by atoms with Crippen LogP contribution >= 0.6 is 0 Å². The highest BCUT2D eigenvalue weighted by Gasteiger charge is 2.47. The van der Waals surface area contributed by atoms with Crippen LogP contribution in [0.15, 0.2) is 24.3 Å². The fraction of sp³-hybridized carbons (Fsp3) is 0.385. The lowest BCUT2D eigenvalue weighted by molar-refractivity contribution is -0.155. The van der Waals surface area contributed by atoms with Gasteiger partial charge in [0.25, 0.3) is 0 Å². The minimum absolute atomic E-state index is 0.0545. The van der Waals surface area contributed by atoms with Crippen LogP contribution in [0.3, 0.4) is 0 Å². The van der Waals surface area contributed by atoms with E-state index in [-0.39, 0.29) is 17.2 Å². The number of carbonyl (C=O) groups excluding carboxylic acids is 2. The number of ether oxygens (including phenoxy) is 1. The Bertz CT molecular complexity index is 492. The Balaban J connectivity index is 2.23. The molecule has 3 nitrogen and oxygen atoms in total. The van der Waals surface area contributed by atoms with Crippen LogP contribution in [0.4, 0.5) is 0 Å². The van der Waals surface area contributed by atoms with E-state index in [1.165, 1.54) is 0 Å². The number of fused-ring (bicyclic) bond motifs is 4. The number of ketones is 1. The van der Waals surface area contributed by atoms with Crippen molar-refractivity contribution in [2.45, 2.75) is 31.3 Å². The first-order valence-corrected chi connectivity index (χ1v) is 5.43. The number of Topliss-reactive ketones (excluding diaryl/α,β-unsaturated/α-hetero) is 1. The molecule has 2 atom stereocenters. The van der Waals surface area contributed by atoms with Crippen molar-refractivity contribution in [2.75, 3.05) is 0 Å². The van der Waals surface area contributed by atoms with Gasteiger partial charge >= 0.3 is 5.97 Å². The van der Waals surface area contributed by atoms with Crippen LogP contribution in [-0.2, 0) is 14.9 Å². The molecule has 0 spiro atoms. The number of rotatable bonds is 0. The summed E-state index contributed by atoms with van der Waals surface area (Å²) in [6.45, 7) is 2.03. The van der Waals surface area contributed by atoms with Crippen molar-refractivity contribution in [1.29, 1.82) is 0 Å². The molecule has 0 aromatic heterocycles. The fourth-order valence-corrected chi connectivity index (χ4v) is 2.79. The minimum atomic E-state index is -0.568. The quantitative estimate of drug-likeness (QED) is 0.621. The molecule has 3 heteroatoms. The van der Waals surface area contributed by atoms with E-state index in [2.05, 4.69) is 0 Å². The largest absolute Gasteiger partial charge is 0.454 e. The average Bonchev–Trinajstić information content (AvgIpc) is 2.25. The molecule has 2 bridgehead atoms. The molecule has 2 aliphatic rings. The lowest BCUT2D eigenvalue weighted by atomic mass is 9.66. The summed E-state index contributed by atoms with van der Waals surface area (Å²) in [6, 6.07) is 7.53. The van der Waals surface area contributed by atoms with Gasteiger partial charge in [-0.05, 0) is 5.56 Å². The predicted molar refractivity (Wildman–Crippen MR) is 57.2 cm³/mol. The summed E-state index contributed by atoms with van der Waals surface area (Å²) in [5.41, 5.74) is 1.48.